The van der Waals surface area contributed by atoms with Crippen LogP contribution in [0.15, 0.2) is 30.3 Å². The fraction of sp³-hybridized carbons (Fsp3) is 0.357. The average molecular weight is 229 g/mol. The molecule has 1 heterocycles. The maximum absolute atomic E-state index is 11.3. The molecule has 0 saturated heterocycles. The first-order valence-electron chi connectivity index (χ1n) is 6.07. The van der Waals surface area contributed by atoms with Crippen molar-refractivity contribution in [2.24, 2.45) is 5.92 Å². The normalized spacial score (nSPS) is 16.0. The lowest BCUT2D eigenvalue weighted by Crippen LogP contribution is -2.20. The Morgan fingerprint density at radius 3 is 2.76 bits per heavy atom. The first-order chi connectivity index (χ1) is 8.25. The molecular weight excluding hydrogens is 214 g/mol. The molecule has 0 bridgehead atoms. The summed E-state index contributed by atoms with van der Waals surface area (Å²) in [6, 6.07) is 9.66. The van der Waals surface area contributed by atoms with Crippen molar-refractivity contribution in [3.05, 3.63) is 36.0 Å². The number of nitrogens with zero attached hydrogens (tertiary/aromatic N) is 1. The third-order valence-corrected chi connectivity index (χ3v) is 3.70. The molecule has 3 heteroatoms. The minimum Gasteiger partial charge on any atom is -0.477 e. The second-order valence-electron chi connectivity index (χ2n) is 4.80. The molecule has 17 heavy (non-hydrogen) atoms. The molecular formula is C14H15NO2. The summed E-state index contributed by atoms with van der Waals surface area (Å²) >= 11 is 0. The van der Waals surface area contributed by atoms with Gasteiger partial charge < -0.3 is 9.67 Å². The second kappa shape index (κ2) is 3.91. The van der Waals surface area contributed by atoms with E-state index in [1.165, 1.54) is 19.3 Å². The van der Waals surface area contributed by atoms with Gasteiger partial charge in [0.05, 0.1) is 0 Å². The second-order valence-corrected chi connectivity index (χ2v) is 4.80. The van der Waals surface area contributed by atoms with Crippen molar-refractivity contribution in [3.63, 3.8) is 0 Å². The number of aromatic carboxylic acids is 1. The van der Waals surface area contributed by atoms with E-state index >= 15 is 0 Å². The maximum atomic E-state index is 11.3. The molecule has 0 aliphatic heterocycles. The number of benzene rings is 1. The summed E-state index contributed by atoms with van der Waals surface area (Å²) in [6.45, 7) is 0.842. The molecule has 0 atom stereocenters. The lowest BCUT2D eigenvalue weighted by atomic mass is 9.85. The number of hydrogen-bond acceptors (Lipinski definition) is 1. The molecule has 1 aliphatic carbocycles. The van der Waals surface area contributed by atoms with Gasteiger partial charge in [-0.15, -0.1) is 0 Å². The number of carboxylic acids is 1. The van der Waals surface area contributed by atoms with Crippen LogP contribution in [-0.2, 0) is 6.54 Å². The molecule has 1 N–H and O–H groups in total. The van der Waals surface area contributed by atoms with Crippen LogP contribution in [0.2, 0.25) is 0 Å². The topological polar surface area (TPSA) is 42.2 Å². The van der Waals surface area contributed by atoms with E-state index in [4.69, 9.17) is 0 Å². The Morgan fingerprint density at radius 2 is 2.12 bits per heavy atom. The standard InChI is InChI=1S/C14H15NO2/c16-14(17)13-8-11-6-1-2-7-12(11)15(13)9-10-4-3-5-10/h1-2,6-8,10H,3-5,9H2,(H,16,17). The zero-order valence-electron chi connectivity index (χ0n) is 9.60. The van der Waals surface area contributed by atoms with E-state index in [2.05, 4.69) is 0 Å². The molecule has 0 amide bonds. The van der Waals surface area contributed by atoms with Crippen LogP contribution in [0, 0.1) is 5.92 Å². The van der Waals surface area contributed by atoms with Crippen molar-refractivity contribution < 1.29 is 9.90 Å². The summed E-state index contributed by atoms with van der Waals surface area (Å²) in [7, 11) is 0. The van der Waals surface area contributed by atoms with Gasteiger partial charge in [0.2, 0.25) is 0 Å². The van der Waals surface area contributed by atoms with Gasteiger partial charge in [-0.3, -0.25) is 0 Å². The number of para-hydroxylation sites is 1. The van der Waals surface area contributed by atoms with E-state index in [1.807, 2.05) is 28.8 Å². The number of carboxylic acid groups (broad SMARTS) is 1. The molecule has 3 rings (SSSR count). The minimum absolute atomic E-state index is 0.415. The van der Waals surface area contributed by atoms with Crippen LogP contribution >= 0.6 is 0 Å². The minimum atomic E-state index is -0.833. The smallest absolute Gasteiger partial charge is 0.352 e. The highest BCUT2D eigenvalue weighted by atomic mass is 16.4. The molecule has 2 aromatic rings. The Hall–Kier alpha value is -1.77. The van der Waals surface area contributed by atoms with Gasteiger partial charge in [0.25, 0.3) is 0 Å². The van der Waals surface area contributed by atoms with E-state index in [0.717, 1.165) is 17.4 Å². The van der Waals surface area contributed by atoms with Gasteiger partial charge >= 0.3 is 5.97 Å². The Bertz CT molecular complexity index is 567. The summed E-state index contributed by atoms with van der Waals surface area (Å²) in [5, 5.41) is 10.3. The largest absolute Gasteiger partial charge is 0.477 e. The molecule has 1 aliphatic rings. The van der Waals surface area contributed by atoms with Crippen molar-refractivity contribution >= 4 is 16.9 Å². The highest BCUT2D eigenvalue weighted by Crippen LogP contribution is 2.30. The third kappa shape index (κ3) is 1.71. The van der Waals surface area contributed by atoms with E-state index in [-0.39, 0.29) is 0 Å². The summed E-state index contributed by atoms with van der Waals surface area (Å²) in [5.41, 5.74) is 1.45. The summed E-state index contributed by atoms with van der Waals surface area (Å²) in [6.07, 6.45) is 3.74. The lowest BCUT2D eigenvalue weighted by Gasteiger charge is -2.26. The fourth-order valence-electron chi connectivity index (χ4n) is 2.52. The first-order valence-corrected chi connectivity index (χ1v) is 6.07. The van der Waals surface area contributed by atoms with Gasteiger partial charge in [0, 0.05) is 17.4 Å². The average Bonchev–Trinajstić information content (AvgIpc) is 2.62. The predicted molar refractivity (Wildman–Crippen MR) is 66.2 cm³/mol. The van der Waals surface area contributed by atoms with E-state index in [0.29, 0.717) is 11.6 Å². The highest BCUT2D eigenvalue weighted by molar-refractivity contribution is 5.94. The predicted octanol–water partition coefficient (Wildman–Crippen LogP) is 3.14. The Morgan fingerprint density at radius 1 is 1.35 bits per heavy atom. The van der Waals surface area contributed by atoms with Crippen molar-refractivity contribution in [1.82, 2.24) is 4.57 Å². The van der Waals surface area contributed by atoms with Crippen LogP contribution < -0.4 is 0 Å². The zero-order valence-corrected chi connectivity index (χ0v) is 9.60. The third-order valence-electron chi connectivity index (χ3n) is 3.70. The molecule has 1 saturated carbocycles. The number of fused-ring (bicyclic) bond motifs is 1. The molecule has 1 fully saturated rings. The van der Waals surface area contributed by atoms with Gasteiger partial charge in [0.1, 0.15) is 5.69 Å². The van der Waals surface area contributed by atoms with Crippen molar-refractivity contribution in [1.29, 1.82) is 0 Å². The van der Waals surface area contributed by atoms with Gasteiger partial charge in [-0.2, -0.15) is 0 Å². The zero-order chi connectivity index (χ0) is 11.8. The van der Waals surface area contributed by atoms with Crippen LogP contribution in [0.25, 0.3) is 10.9 Å². The van der Waals surface area contributed by atoms with Crippen LogP contribution in [0.1, 0.15) is 29.8 Å². The van der Waals surface area contributed by atoms with Crippen LogP contribution in [0.3, 0.4) is 0 Å². The highest BCUT2D eigenvalue weighted by Gasteiger charge is 2.22. The van der Waals surface area contributed by atoms with Crippen molar-refractivity contribution in [3.8, 4) is 0 Å². The maximum Gasteiger partial charge on any atom is 0.352 e. The molecule has 0 spiro atoms. The summed E-state index contributed by atoms with van der Waals surface area (Å²) in [5.74, 6) is -0.176. The molecule has 3 nitrogen and oxygen atoms in total. The van der Waals surface area contributed by atoms with Gasteiger partial charge in [-0.05, 0) is 30.9 Å². The SMILES string of the molecule is O=C(O)c1cc2ccccc2n1CC1CCC1. The van der Waals surface area contributed by atoms with Crippen LogP contribution in [-0.4, -0.2) is 15.6 Å². The van der Waals surface area contributed by atoms with Crippen LogP contribution in [0.4, 0.5) is 0 Å². The van der Waals surface area contributed by atoms with E-state index in [9.17, 15) is 9.90 Å². The van der Waals surface area contributed by atoms with Gasteiger partial charge in [-0.1, -0.05) is 24.6 Å². The monoisotopic (exact) mass is 229 g/mol. The summed E-state index contributed by atoms with van der Waals surface area (Å²) in [4.78, 5) is 11.3. The first kappa shape index (κ1) is 10.4. The molecule has 1 aromatic carbocycles. The molecule has 0 radical (unpaired) electrons. The number of aromatic nitrogens is 1. The van der Waals surface area contributed by atoms with Gasteiger partial charge in [0.15, 0.2) is 0 Å². The number of hydrogen-bond donors (Lipinski definition) is 1. The van der Waals surface area contributed by atoms with E-state index in [1.54, 1.807) is 6.07 Å². The molecule has 0 unspecified atom stereocenters. The fourth-order valence-corrected chi connectivity index (χ4v) is 2.52. The van der Waals surface area contributed by atoms with Crippen LogP contribution in [0.5, 0.6) is 0 Å². The Labute approximate surface area is 99.7 Å². The summed E-state index contributed by atoms with van der Waals surface area (Å²) < 4.78 is 1.96. The molecule has 1 aromatic heterocycles. The lowest BCUT2D eigenvalue weighted by molar-refractivity contribution is 0.0683. The Balaban J connectivity index is 2.10. The number of carbonyl (C=O) groups is 1. The van der Waals surface area contributed by atoms with Crippen molar-refractivity contribution in [2.75, 3.05) is 0 Å². The molecule has 88 valence electrons. The van der Waals surface area contributed by atoms with Gasteiger partial charge in [-0.25, -0.2) is 4.79 Å². The van der Waals surface area contributed by atoms with E-state index < -0.39 is 5.97 Å². The van der Waals surface area contributed by atoms with Crippen molar-refractivity contribution in [2.45, 2.75) is 25.8 Å². The quantitative estimate of drug-likeness (QED) is 0.878. The number of rotatable bonds is 3. The Kier molecular flexibility index (Phi) is 2.39.